The summed E-state index contributed by atoms with van der Waals surface area (Å²) >= 11 is 0. The van der Waals surface area contributed by atoms with Crippen LogP contribution in [0.3, 0.4) is 0 Å². The number of hydrogen-bond acceptors (Lipinski definition) is 6. The zero-order valence-corrected chi connectivity index (χ0v) is 15.2. The predicted octanol–water partition coefficient (Wildman–Crippen LogP) is 1.78. The number of carbonyl (C=O) groups is 2. The largest absolute Gasteiger partial charge is 0.466 e. The minimum atomic E-state index is -5.95. The van der Waals surface area contributed by atoms with Crippen LogP contribution >= 0.6 is 0 Å². The highest BCUT2D eigenvalue weighted by atomic mass is 32.2. The molecule has 0 radical (unpaired) electrons. The van der Waals surface area contributed by atoms with Gasteiger partial charge in [-0.2, -0.15) is 30.4 Å². The molecule has 0 bridgehead atoms. The van der Waals surface area contributed by atoms with Crippen molar-refractivity contribution in [1.82, 2.24) is 5.32 Å². The molecule has 0 aliphatic heterocycles. The van der Waals surface area contributed by atoms with Gasteiger partial charge in [0.1, 0.15) is 0 Å². The van der Waals surface area contributed by atoms with Crippen molar-refractivity contribution in [3.8, 4) is 0 Å². The number of halogens is 5. The number of carbonyl (C=O) groups excluding carboxylic acids is 2. The molecule has 0 saturated carbocycles. The number of alkyl halides is 5. The van der Waals surface area contributed by atoms with Crippen LogP contribution < -0.4 is 5.32 Å². The molecular formula is C13H18F5NO7S. The van der Waals surface area contributed by atoms with E-state index >= 15 is 0 Å². The lowest BCUT2D eigenvalue weighted by Crippen LogP contribution is -2.64. The van der Waals surface area contributed by atoms with Gasteiger partial charge < -0.3 is 14.8 Å². The van der Waals surface area contributed by atoms with Gasteiger partial charge in [0.2, 0.25) is 0 Å². The van der Waals surface area contributed by atoms with Gasteiger partial charge in [-0.25, -0.2) is 4.79 Å². The van der Waals surface area contributed by atoms with E-state index in [1.165, 1.54) is 20.8 Å². The zero-order chi connectivity index (χ0) is 21.9. The number of ether oxygens (including phenoxy) is 2. The van der Waals surface area contributed by atoms with Crippen molar-refractivity contribution in [2.24, 2.45) is 0 Å². The maximum absolute atomic E-state index is 13.5. The second-order valence-electron chi connectivity index (χ2n) is 6.15. The Morgan fingerprint density at radius 1 is 1.15 bits per heavy atom. The summed E-state index contributed by atoms with van der Waals surface area (Å²) in [6.07, 6.45) is -7.44. The van der Waals surface area contributed by atoms with E-state index in [-0.39, 0.29) is 6.08 Å². The number of rotatable bonds is 8. The fraction of sp³-hybridized carbons (Fsp3) is 0.692. The number of nitrogens with one attached hydrogen (secondary N) is 1. The summed E-state index contributed by atoms with van der Waals surface area (Å²) in [5.41, 5.74) is -1.28. The monoisotopic (exact) mass is 427 g/mol. The molecule has 27 heavy (non-hydrogen) atoms. The molecule has 0 spiro atoms. The Bertz CT molecular complexity index is 684. The molecule has 0 aromatic rings. The molecule has 0 aromatic heterocycles. The maximum Gasteiger partial charge on any atom is 0.466 e. The van der Waals surface area contributed by atoms with Gasteiger partial charge in [0.25, 0.3) is 0 Å². The first-order chi connectivity index (χ1) is 11.8. The molecule has 0 saturated heterocycles. The Labute approximate surface area is 151 Å². The van der Waals surface area contributed by atoms with E-state index in [1.807, 2.05) is 5.32 Å². The average Bonchev–Trinajstić information content (AvgIpc) is 2.41. The highest BCUT2D eigenvalue weighted by Gasteiger charge is 2.66. The fourth-order valence-corrected chi connectivity index (χ4v) is 1.80. The number of hydrogen-bond donors (Lipinski definition) is 2. The Balaban J connectivity index is 5.91. The van der Waals surface area contributed by atoms with Gasteiger partial charge >= 0.3 is 39.2 Å². The van der Waals surface area contributed by atoms with Crippen LogP contribution in [0.4, 0.5) is 22.0 Å². The van der Waals surface area contributed by atoms with Crippen LogP contribution in [0.2, 0.25) is 0 Å². The molecule has 0 aliphatic carbocycles. The number of amides is 1. The molecule has 8 nitrogen and oxygen atoms in total. The molecular weight excluding hydrogens is 409 g/mol. The SMILES string of the molecule is C=CC(=O)OC(OCCC(F)(F)S(=O)(=O)O)(C(=O)NC(C)(C)C)C(F)(F)F. The van der Waals surface area contributed by atoms with Gasteiger partial charge in [-0.05, 0) is 20.8 Å². The molecule has 1 amide bonds. The summed E-state index contributed by atoms with van der Waals surface area (Å²) in [6, 6.07) is 0. The summed E-state index contributed by atoms with van der Waals surface area (Å²) in [7, 11) is -5.95. The van der Waals surface area contributed by atoms with Gasteiger partial charge in [0.05, 0.1) is 13.0 Å². The second kappa shape index (κ2) is 8.06. The van der Waals surface area contributed by atoms with Crippen LogP contribution in [0, 0.1) is 0 Å². The summed E-state index contributed by atoms with van der Waals surface area (Å²) in [5, 5.41) is -3.04. The van der Waals surface area contributed by atoms with Gasteiger partial charge in [-0.15, -0.1) is 0 Å². The molecule has 2 N–H and O–H groups in total. The van der Waals surface area contributed by atoms with E-state index in [4.69, 9.17) is 4.55 Å². The Morgan fingerprint density at radius 3 is 1.96 bits per heavy atom. The average molecular weight is 427 g/mol. The van der Waals surface area contributed by atoms with Crippen molar-refractivity contribution >= 4 is 22.0 Å². The van der Waals surface area contributed by atoms with Crippen molar-refractivity contribution in [3.05, 3.63) is 12.7 Å². The first-order valence-electron chi connectivity index (χ1n) is 7.02. The first-order valence-corrected chi connectivity index (χ1v) is 8.46. The fourth-order valence-electron chi connectivity index (χ4n) is 1.46. The molecule has 158 valence electrons. The van der Waals surface area contributed by atoms with Crippen LogP contribution in [0.15, 0.2) is 12.7 Å². The minimum absolute atomic E-state index is 0.265. The van der Waals surface area contributed by atoms with E-state index in [0.29, 0.717) is 0 Å². The highest BCUT2D eigenvalue weighted by Crippen LogP contribution is 2.37. The van der Waals surface area contributed by atoms with Crippen molar-refractivity contribution in [2.75, 3.05) is 6.61 Å². The van der Waals surface area contributed by atoms with Gasteiger partial charge in [0, 0.05) is 11.6 Å². The van der Waals surface area contributed by atoms with Gasteiger partial charge in [0.15, 0.2) is 0 Å². The maximum atomic E-state index is 13.5. The Kier molecular flexibility index (Phi) is 7.52. The third-order valence-electron chi connectivity index (χ3n) is 2.65. The Morgan fingerprint density at radius 2 is 1.63 bits per heavy atom. The van der Waals surface area contributed by atoms with Gasteiger partial charge in [-0.1, -0.05) is 6.58 Å². The number of esters is 1. The lowest BCUT2D eigenvalue weighted by atomic mass is 10.1. The molecule has 0 aromatic carbocycles. The molecule has 1 atom stereocenters. The van der Waals surface area contributed by atoms with Crippen molar-refractivity contribution in [3.63, 3.8) is 0 Å². The van der Waals surface area contributed by atoms with E-state index in [9.17, 15) is 40.0 Å². The van der Waals surface area contributed by atoms with E-state index in [0.717, 1.165) is 0 Å². The molecule has 14 heteroatoms. The molecule has 0 aliphatic rings. The van der Waals surface area contributed by atoms with Crippen molar-refractivity contribution in [1.29, 1.82) is 0 Å². The summed E-state index contributed by atoms with van der Waals surface area (Å²) < 4.78 is 104. The Hall–Kier alpha value is -1.80. The highest BCUT2D eigenvalue weighted by molar-refractivity contribution is 7.86. The van der Waals surface area contributed by atoms with Crippen LogP contribution in [0.5, 0.6) is 0 Å². The van der Waals surface area contributed by atoms with E-state index in [1.54, 1.807) is 0 Å². The molecule has 0 fully saturated rings. The smallest absolute Gasteiger partial charge is 0.412 e. The topological polar surface area (TPSA) is 119 Å². The third kappa shape index (κ3) is 6.70. The second-order valence-corrected chi connectivity index (χ2v) is 7.70. The predicted molar refractivity (Wildman–Crippen MR) is 80.0 cm³/mol. The van der Waals surface area contributed by atoms with Crippen LogP contribution in [0.1, 0.15) is 27.2 Å². The lowest BCUT2D eigenvalue weighted by Gasteiger charge is -2.35. The normalized spacial score (nSPS) is 15.6. The molecule has 1 unspecified atom stereocenters. The van der Waals surface area contributed by atoms with Crippen LogP contribution in [-0.4, -0.2) is 54.2 Å². The zero-order valence-electron chi connectivity index (χ0n) is 14.4. The van der Waals surface area contributed by atoms with E-state index in [2.05, 4.69) is 16.1 Å². The first kappa shape index (κ1) is 25.2. The van der Waals surface area contributed by atoms with Crippen molar-refractivity contribution < 1.29 is 54.0 Å². The summed E-state index contributed by atoms with van der Waals surface area (Å²) in [4.78, 5) is 23.4. The summed E-state index contributed by atoms with van der Waals surface area (Å²) in [5.74, 6) is -8.17. The molecule has 0 heterocycles. The third-order valence-corrected chi connectivity index (χ3v) is 3.61. The van der Waals surface area contributed by atoms with Crippen molar-refractivity contribution in [2.45, 2.75) is 49.9 Å². The van der Waals surface area contributed by atoms with E-state index < -0.39 is 57.8 Å². The van der Waals surface area contributed by atoms with Crippen LogP contribution in [-0.2, 0) is 29.2 Å². The van der Waals surface area contributed by atoms with Gasteiger partial charge in [-0.3, -0.25) is 9.35 Å². The quantitative estimate of drug-likeness (QED) is 0.199. The van der Waals surface area contributed by atoms with Crippen LogP contribution in [0.25, 0.3) is 0 Å². The minimum Gasteiger partial charge on any atom is -0.412 e. The lowest BCUT2D eigenvalue weighted by molar-refractivity contribution is -0.348. The standard InChI is InChI=1S/C13H18F5NO7S/c1-5-8(20)26-12(13(16,17)18,9(21)19-10(2,3)4)25-7-6-11(14,15)27(22,23)24/h5H,1,6-7H2,2-4H3,(H,19,21)(H,22,23,24). The molecule has 0 rings (SSSR count). The summed E-state index contributed by atoms with van der Waals surface area (Å²) in [6.45, 7) is 4.94.